The van der Waals surface area contributed by atoms with Crippen LogP contribution >= 0.6 is 0 Å². The molecule has 3 heteroatoms. The first-order valence-corrected chi connectivity index (χ1v) is 7.59. The van der Waals surface area contributed by atoms with Crippen molar-refractivity contribution in [3.63, 3.8) is 0 Å². The standard InChI is InChI=1S/C18H26N2O/c1-5-17(19)18(16-9-7-6-8-13(16)2)20(4)12-15-10-11-21-14(15)3/h6-11,17-18H,5,12,19H2,1-4H3. The van der Waals surface area contributed by atoms with Crippen LogP contribution in [0.15, 0.2) is 41.0 Å². The van der Waals surface area contributed by atoms with E-state index < -0.39 is 0 Å². The van der Waals surface area contributed by atoms with Crippen LogP contribution in [-0.4, -0.2) is 18.0 Å². The highest BCUT2D eigenvalue weighted by atomic mass is 16.3. The molecule has 21 heavy (non-hydrogen) atoms. The largest absolute Gasteiger partial charge is 0.469 e. The molecule has 114 valence electrons. The molecule has 2 rings (SSSR count). The van der Waals surface area contributed by atoms with E-state index in [1.807, 2.05) is 13.0 Å². The zero-order valence-electron chi connectivity index (χ0n) is 13.5. The lowest BCUT2D eigenvalue weighted by Gasteiger charge is -2.33. The normalized spacial score (nSPS) is 14.4. The minimum Gasteiger partial charge on any atom is -0.469 e. The Kier molecular flexibility index (Phi) is 5.21. The third kappa shape index (κ3) is 3.55. The number of nitrogens with zero attached hydrogens (tertiary/aromatic N) is 1. The fraction of sp³-hybridized carbons (Fsp3) is 0.444. The first-order chi connectivity index (χ1) is 10.0. The third-order valence-electron chi connectivity index (χ3n) is 4.24. The van der Waals surface area contributed by atoms with Crippen LogP contribution in [0.2, 0.25) is 0 Å². The van der Waals surface area contributed by atoms with Crippen LogP contribution in [0.1, 0.15) is 41.8 Å². The summed E-state index contributed by atoms with van der Waals surface area (Å²) in [5.41, 5.74) is 10.3. The Morgan fingerprint density at radius 2 is 1.90 bits per heavy atom. The van der Waals surface area contributed by atoms with Gasteiger partial charge in [0.1, 0.15) is 5.76 Å². The first-order valence-electron chi connectivity index (χ1n) is 7.59. The molecule has 2 unspecified atom stereocenters. The molecule has 1 heterocycles. The second-order valence-corrected chi connectivity index (χ2v) is 5.79. The maximum atomic E-state index is 6.42. The Balaban J connectivity index is 2.28. The maximum Gasteiger partial charge on any atom is 0.105 e. The van der Waals surface area contributed by atoms with E-state index in [2.05, 4.69) is 50.1 Å². The average Bonchev–Trinajstić information content (AvgIpc) is 2.86. The predicted molar refractivity (Wildman–Crippen MR) is 87.1 cm³/mol. The summed E-state index contributed by atoms with van der Waals surface area (Å²) in [7, 11) is 2.14. The van der Waals surface area contributed by atoms with Crippen LogP contribution < -0.4 is 5.73 Å². The lowest BCUT2D eigenvalue weighted by molar-refractivity contribution is 0.200. The van der Waals surface area contributed by atoms with Gasteiger partial charge in [-0.1, -0.05) is 31.2 Å². The molecule has 0 spiro atoms. The van der Waals surface area contributed by atoms with Gasteiger partial charge in [0.25, 0.3) is 0 Å². The zero-order chi connectivity index (χ0) is 15.4. The zero-order valence-corrected chi connectivity index (χ0v) is 13.5. The summed E-state index contributed by atoms with van der Waals surface area (Å²) in [6, 6.07) is 10.9. The lowest BCUT2D eigenvalue weighted by Crippen LogP contribution is -2.39. The Labute approximate surface area is 127 Å². The van der Waals surface area contributed by atoms with E-state index in [1.165, 1.54) is 16.7 Å². The SMILES string of the molecule is CCC(N)C(c1ccccc1C)N(C)Cc1ccoc1C. The molecule has 0 fully saturated rings. The molecule has 0 aliphatic carbocycles. The maximum absolute atomic E-state index is 6.42. The highest BCUT2D eigenvalue weighted by Gasteiger charge is 2.25. The van der Waals surface area contributed by atoms with Gasteiger partial charge in [-0.15, -0.1) is 0 Å². The number of hydrogen-bond acceptors (Lipinski definition) is 3. The summed E-state index contributed by atoms with van der Waals surface area (Å²) in [6.45, 7) is 7.15. The van der Waals surface area contributed by atoms with E-state index in [0.717, 1.165) is 18.7 Å². The van der Waals surface area contributed by atoms with Crippen molar-refractivity contribution in [1.29, 1.82) is 0 Å². The second-order valence-electron chi connectivity index (χ2n) is 5.79. The summed E-state index contributed by atoms with van der Waals surface area (Å²) in [4.78, 5) is 2.33. The van der Waals surface area contributed by atoms with Crippen LogP contribution in [-0.2, 0) is 6.54 Å². The molecule has 0 saturated heterocycles. The van der Waals surface area contributed by atoms with Gasteiger partial charge in [0.15, 0.2) is 0 Å². The molecule has 0 amide bonds. The Bertz CT molecular complexity index is 576. The molecule has 2 aromatic rings. The van der Waals surface area contributed by atoms with Crippen LogP contribution in [0.4, 0.5) is 0 Å². The molecule has 0 aliphatic heterocycles. The number of likely N-dealkylation sites (N-methyl/N-ethyl adjacent to an activating group) is 1. The Morgan fingerprint density at radius 3 is 2.48 bits per heavy atom. The number of hydrogen-bond donors (Lipinski definition) is 1. The van der Waals surface area contributed by atoms with E-state index in [-0.39, 0.29) is 12.1 Å². The number of aryl methyl sites for hydroxylation is 2. The summed E-state index contributed by atoms with van der Waals surface area (Å²) >= 11 is 0. The number of rotatable bonds is 6. The van der Waals surface area contributed by atoms with Gasteiger partial charge in [-0.05, 0) is 44.5 Å². The minimum atomic E-state index is 0.114. The first kappa shape index (κ1) is 15.8. The Hall–Kier alpha value is -1.58. The van der Waals surface area contributed by atoms with Gasteiger partial charge >= 0.3 is 0 Å². The fourth-order valence-electron chi connectivity index (χ4n) is 2.88. The average molecular weight is 286 g/mol. The van der Waals surface area contributed by atoms with Gasteiger partial charge in [0.05, 0.1) is 12.3 Å². The van der Waals surface area contributed by atoms with Crippen LogP contribution in [0.3, 0.4) is 0 Å². The van der Waals surface area contributed by atoms with E-state index >= 15 is 0 Å². The van der Waals surface area contributed by atoms with Gasteiger partial charge in [0, 0.05) is 18.2 Å². The number of nitrogens with two attached hydrogens (primary N) is 1. The van der Waals surface area contributed by atoms with Crippen molar-refractivity contribution in [1.82, 2.24) is 4.90 Å². The molecule has 3 nitrogen and oxygen atoms in total. The van der Waals surface area contributed by atoms with Gasteiger partial charge < -0.3 is 10.2 Å². The predicted octanol–water partition coefficient (Wildman–Crippen LogP) is 3.81. The summed E-state index contributed by atoms with van der Waals surface area (Å²) in [6.07, 6.45) is 2.70. The van der Waals surface area contributed by atoms with Crippen molar-refractivity contribution in [3.05, 3.63) is 59.0 Å². The monoisotopic (exact) mass is 286 g/mol. The van der Waals surface area contributed by atoms with Gasteiger partial charge in [-0.2, -0.15) is 0 Å². The molecule has 0 saturated carbocycles. The lowest BCUT2D eigenvalue weighted by atomic mass is 9.93. The molecule has 0 bridgehead atoms. The summed E-state index contributed by atoms with van der Waals surface area (Å²) in [5, 5.41) is 0. The smallest absolute Gasteiger partial charge is 0.105 e. The number of furan rings is 1. The highest BCUT2D eigenvalue weighted by Crippen LogP contribution is 2.28. The third-order valence-corrected chi connectivity index (χ3v) is 4.24. The van der Waals surface area contributed by atoms with Crippen molar-refractivity contribution in [2.45, 2.75) is 45.8 Å². The van der Waals surface area contributed by atoms with E-state index in [4.69, 9.17) is 10.2 Å². The summed E-state index contributed by atoms with van der Waals surface area (Å²) < 4.78 is 5.40. The molecule has 2 atom stereocenters. The second kappa shape index (κ2) is 6.92. The molecule has 0 aliphatic rings. The van der Waals surface area contributed by atoms with Crippen LogP contribution in [0, 0.1) is 13.8 Å². The van der Waals surface area contributed by atoms with Crippen molar-refractivity contribution >= 4 is 0 Å². The molecule has 2 N–H and O–H groups in total. The van der Waals surface area contributed by atoms with Crippen molar-refractivity contribution in [2.75, 3.05) is 7.05 Å². The van der Waals surface area contributed by atoms with Crippen molar-refractivity contribution in [3.8, 4) is 0 Å². The summed E-state index contributed by atoms with van der Waals surface area (Å²) in [5.74, 6) is 0.982. The van der Waals surface area contributed by atoms with E-state index in [0.29, 0.717) is 0 Å². The molecular weight excluding hydrogens is 260 g/mol. The van der Waals surface area contributed by atoms with E-state index in [9.17, 15) is 0 Å². The number of benzene rings is 1. The van der Waals surface area contributed by atoms with Gasteiger partial charge in [-0.25, -0.2) is 0 Å². The van der Waals surface area contributed by atoms with Crippen molar-refractivity contribution in [2.24, 2.45) is 5.73 Å². The minimum absolute atomic E-state index is 0.114. The highest BCUT2D eigenvalue weighted by molar-refractivity contribution is 5.30. The molecule has 0 radical (unpaired) electrons. The fourth-order valence-corrected chi connectivity index (χ4v) is 2.88. The quantitative estimate of drug-likeness (QED) is 0.878. The van der Waals surface area contributed by atoms with Crippen LogP contribution in [0.25, 0.3) is 0 Å². The molecular formula is C18H26N2O. The van der Waals surface area contributed by atoms with Crippen molar-refractivity contribution < 1.29 is 4.42 Å². The molecule has 1 aromatic carbocycles. The van der Waals surface area contributed by atoms with Gasteiger partial charge in [-0.3, -0.25) is 4.90 Å². The Morgan fingerprint density at radius 1 is 1.19 bits per heavy atom. The molecule has 1 aromatic heterocycles. The van der Waals surface area contributed by atoms with Crippen LogP contribution in [0.5, 0.6) is 0 Å². The topological polar surface area (TPSA) is 42.4 Å². The van der Waals surface area contributed by atoms with E-state index in [1.54, 1.807) is 6.26 Å². The van der Waals surface area contributed by atoms with Gasteiger partial charge in [0.2, 0.25) is 0 Å².